The van der Waals surface area contributed by atoms with E-state index in [4.69, 9.17) is 4.74 Å². The molecular weight excluding hydrogens is 265 g/mol. The summed E-state index contributed by atoms with van der Waals surface area (Å²) in [5.74, 6) is 0.705. The molecule has 0 aliphatic rings. The maximum Gasteiger partial charge on any atom is 0.123 e. The minimum Gasteiger partial charge on any atom is -0.496 e. The van der Waals surface area contributed by atoms with Crippen LogP contribution >= 0.6 is 0 Å². The molecular formula is C18H22FNO. The van der Waals surface area contributed by atoms with E-state index in [1.807, 2.05) is 39.1 Å². The molecule has 0 spiro atoms. The van der Waals surface area contributed by atoms with Crippen LogP contribution in [-0.2, 0) is 6.42 Å². The van der Waals surface area contributed by atoms with Gasteiger partial charge in [-0.3, -0.25) is 0 Å². The van der Waals surface area contributed by atoms with Crippen LogP contribution in [0.15, 0.2) is 36.4 Å². The number of likely N-dealkylation sites (N-methyl/N-ethyl adjacent to an activating group) is 1. The Bertz CT molecular complexity index is 601. The first kappa shape index (κ1) is 15.5. The lowest BCUT2D eigenvalue weighted by Crippen LogP contribution is -2.21. The number of benzene rings is 2. The van der Waals surface area contributed by atoms with E-state index in [1.165, 1.54) is 0 Å². The van der Waals surface area contributed by atoms with Crippen LogP contribution in [0.2, 0.25) is 0 Å². The summed E-state index contributed by atoms with van der Waals surface area (Å²) < 4.78 is 18.9. The highest BCUT2D eigenvalue weighted by Gasteiger charge is 2.17. The van der Waals surface area contributed by atoms with Gasteiger partial charge in [-0.1, -0.05) is 18.2 Å². The first-order valence-corrected chi connectivity index (χ1v) is 7.12. The van der Waals surface area contributed by atoms with Crippen molar-refractivity contribution < 1.29 is 9.13 Å². The molecule has 112 valence electrons. The molecule has 0 aliphatic carbocycles. The quantitative estimate of drug-likeness (QED) is 0.899. The molecule has 2 rings (SSSR count). The minimum absolute atomic E-state index is 0.127. The Labute approximate surface area is 126 Å². The lowest BCUT2D eigenvalue weighted by molar-refractivity contribution is 0.406. The van der Waals surface area contributed by atoms with Crippen molar-refractivity contribution in [1.82, 2.24) is 5.32 Å². The Morgan fingerprint density at radius 2 is 1.76 bits per heavy atom. The van der Waals surface area contributed by atoms with Crippen LogP contribution < -0.4 is 10.1 Å². The summed E-state index contributed by atoms with van der Waals surface area (Å²) in [7, 11) is 3.62. The van der Waals surface area contributed by atoms with Crippen LogP contribution in [0.4, 0.5) is 4.39 Å². The van der Waals surface area contributed by atoms with Gasteiger partial charge in [-0.25, -0.2) is 4.39 Å². The van der Waals surface area contributed by atoms with Crippen molar-refractivity contribution in [3.8, 4) is 5.75 Å². The highest BCUT2D eigenvalue weighted by Crippen LogP contribution is 2.29. The molecule has 0 aromatic heterocycles. The van der Waals surface area contributed by atoms with Gasteiger partial charge in [0.1, 0.15) is 11.6 Å². The molecule has 21 heavy (non-hydrogen) atoms. The Hall–Kier alpha value is -1.87. The molecule has 0 bridgehead atoms. The second-order valence-electron chi connectivity index (χ2n) is 5.31. The van der Waals surface area contributed by atoms with Gasteiger partial charge in [0.25, 0.3) is 0 Å². The zero-order valence-corrected chi connectivity index (χ0v) is 13.0. The van der Waals surface area contributed by atoms with E-state index in [-0.39, 0.29) is 11.9 Å². The maximum absolute atomic E-state index is 13.5. The van der Waals surface area contributed by atoms with E-state index >= 15 is 0 Å². The molecule has 3 heteroatoms. The van der Waals surface area contributed by atoms with E-state index in [0.29, 0.717) is 0 Å². The Morgan fingerprint density at radius 3 is 2.33 bits per heavy atom. The van der Waals surface area contributed by atoms with E-state index in [9.17, 15) is 4.39 Å². The maximum atomic E-state index is 13.5. The topological polar surface area (TPSA) is 21.3 Å². The number of para-hydroxylation sites is 1. The van der Waals surface area contributed by atoms with E-state index < -0.39 is 0 Å². The summed E-state index contributed by atoms with van der Waals surface area (Å²) in [5.41, 5.74) is 4.25. The van der Waals surface area contributed by atoms with Crippen molar-refractivity contribution in [2.75, 3.05) is 14.2 Å². The molecule has 2 aromatic carbocycles. The summed E-state index contributed by atoms with van der Waals surface area (Å²) in [6.45, 7) is 3.91. The number of nitrogens with one attached hydrogen (secondary N) is 1. The van der Waals surface area contributed by atoms with Gasteiger partial charge in [-0.05, 0) is 67.8 Å². The van der Waals surface area contributed by atoms with E-state index in [1.54, 1.807) is 19.2 Å². The molecule has 1 N–H and O–H groups in total. The first-order chi connectivity index (χ1) is 10.1. The average molecular weight is 287 g/mol. The molecule has 0 fully saturated rings. The van der Waals surface area contributed by atoms with Gasteiger partial charge in [0, 0.05) is 6.04 Å². The van der Waals surface area contributed by atoms with Crippen molar-refractivity contribution in [2.24, 2.45) is 0 Å². The molecule has 0 amide bonds. The molecule has 0 radical (unpaired) electrons. The fourth-order valence-electron chi connectivity index (χ4n) is 2.91. The van der Waals surface area contributed by atoms with Gasteiger partial charge in [0.05, 0.1) is 7.11 Å². The third kappa shape index (κ3) is 3.42. The van der Waals surface area contributed by atoms with Gasteiger partial charge in [-0.15, -0.1) is 0 Å². The molecule has 0 saturated heterocycles. The SMILES string of the molecule is CNC(Cc1ccccc1OC)c1c(C)cc(F)cc1C. The van der Waals surface area contributed by atoms with E-state index in [2.05, 4.69) is 11.4 Å². The third-order valence-electron chi connectivity index (χ3n) is 3.87. The Morgan fingerprint density at radius 1 is 1.14 bits per heavy atom. The lowest BCUT2D eigenvalue weighted by atomic mass is 9.91. The summed E-state index contributed by atoms with van der Waals surface area (Å²) >= 11 is 0. The monoisotopic (exact) mass is 287 g/mol. The second kappa shape index (κ2) is 6.72. The average Bonchev–Trinajstić information content (AvgIpc) is 2.45. The highest BCUT2D eigenvalue weighted by molar-refractivity contribution is 5.40. The van der Waals surface area contributed by atoms with Crippen molar-refractivity contribution in [1.29, 1.82) is 0 Å². The zero-order valence-electron chi connectivity index (χ0n) is 13.0. The Kier molecular flexibility index (Phi) is 4.97. The van der Waals surface area contributed by atoms with Crippen LogP contribution in [0, 0.1) is 19.7 Å². The van der Waals surface area contributed by atoms with Crippen molar-refractivity contribution in [3.05, 3.63) is 64.5 Å². The number of aryl methyl sites for hydroxylation is 2. The number of rotatable bonds is 5. The molecule has 0 heterocycles. The van der Waals surface area contributed by atoms with Crippen LogP contribution in [0.25, 0.3) is 0 Å². The molecule has 1 unspecified atom stereocenters. The molecule has 0 aliphatic heterocycles. The van der Waals surface area contributed by atoms with Gasteiger partial charge in [0.15, 0.2) is 0 Å². The standard InChI is InChI=1S/C18H22FNO/c1-12-9-15(19)10-13(2)18(12)16(20-3)11-14-7-5-6-8-17(14)21-4/h5-10,16,20H,11H2,1-4H3. The smallest absolute Gasteiger partial charge is 0.123 e. The number of methoxy groups -OCH3 is 1. The summed E-state index contributed by atoms with van der Waals surface area (Å²) in [4.78, 5) is 0. The van der Waals surface area contributed by atoms with Crippen molar-refractivity contribution in [3.63, 3.8) is 0 Å². The number of halogens is 1. The Balaban J connectivity index is 2.37. The number of hydrogen-bond donors (Lipinski definition) is 1. The van der Waals surface area contributed by atoms with Crippen LogP contribution in [0.5, 0.6) is 5.75 Å². The van der Waals surface area contributed by atoms with Crippen LogP contribution in [0.3, 0.4) is 0 Å². The predicted molar refractivity (Wildman–Crippen MR) is 84.4 cm³/mol. The van der Waals surface area contributed by atoms with Gasteiger partial charge in [0.2, 0.25) is 0 Å². The highest BCUT2D eigenvalue weighted by atomic mass is 19.1. The lowest BCUT2D eigenvalue weighted by Gasteiger charge is -2.22. The molecule has 1 atom stereocenters. The summed E-state index contributed by atoms with van der Waals surface area (Å²) in [5, 5.41) is 3.34. The van der Waals surface area contributed by atoms with Gasteiger partial charge >= 0.3 is 0 Å². The normalized spacial score (nSPS) is 12.2. The summed E-state index contributed by atoms with van der Waals surface area (Å²) in [6.07, 6.45) is 0.799. The zero-order chi connectivity index (χ0) is 15.4. The van der Waals surface area contributed by atoms with E-state index in [0.717, 1.165) is 34.4 Å². The molecule has 2 aromatic rings. The van der Waals surface area contributed by atoms with Crippen LogP contribution in [-0.4, -0.2) is 14.2 Å². The fourth-order valence-corrected chi connectivity index (χ4v) is 2.91. The van der Waals surface area contributed by atoms with Gasteiger partial charge in [-0.2, -0.15) is 0 Å². The first-order valence-electron chi connectivity index (χ1n) is 7.12. The molecule has 0 saturated carbocycles. The third-order valence-corrected chi connectivity index (χ3v) is 3.87. The number of hydrogen-bond acceptors (Lipinski definition) is 2. The fraction of sp³-hybridized carbons (Fsp3) is 0.333. The minimum atomic E-state index is -0.180. The van der Waals surface area contributed by atoms with Gasteiger partial charge < -0.3 is 10.1 Å². The van der Waals surface area contributed by atoms with Crippen molar-refractivity contribution in [2.45, 2.75) is 26.3 Å². The second-order valence-corrected chi connectivity index (χ2v) is 5.31. The number of ether oxygens (including phenoxy) is 1. The predicted octanol–water partition coefficient (Wildman–Crippen LogP) is 3.95. The largest absolute Gasteiger partial charge is 0.496 e. The van der Waals surface area contributed by atoms with Crippen LogP contribution in [0.1, 0.15) is 28.3 Å². The molecule has 2 nitrogen and oxygen atoms in total. The van der Waals surface area contributed by atoms with Crippen molar-refractivity contribution >= 4 is 0 Å². The summed E-state index contributed by atoms with van der Waals surface area (Å²) in [6, 6.07) is 11.3.